The normalized spacial score (nSPS) is 10.8. The van der Waals surface area contributed by atoms with Gasteiger partial charge in [0, 0.05) is 13.0 Å². The zero-order valence-electron chi connectivity index (χ0n) is 13.6. The number of hydrogen-bond donors (Lipinski definition) is 3. The number of carbonyl (C=O) groups is 3. The van der Waals surface area contributed by atoms with Crippen molar-refractivity contribution in [2.24, 2.45) is 0 Å². The predicted molar refractivity (Wildman–Crippen MR) is 82.0 cm³/mol. The number of hydrogen-bond acceptors (Lipinski definition) is 7. The molecule has 0 aliphatic rings. The highest BCUT2D eigenvalue weighted by Crippen LogP contribution is 2.36. The van der Waals surface area contributed by atoms with Crippen molar-refractivity contribution in [1.82, 2.24) is 5.32 Å². The molecule has 0 aliphatic heterocycles. The van der Waals surface area contributed by atoms with Crippen LogP contribution in [-0.4, -0.2) is 41.2 Å². The Kier molecular flexibility index (Phi) is 11.9. The molecule has 0 saturated carbocycles. The minimum absolute atomic E-state index is 0.117. The van der Waals surface area contributed by atoms with Gasteiger partial charge in [-0.15, -0.1) is 0 Å². The van der Waals surface area contributed by atoms with Crippen LogP contribution in [0.1, 0.15) is 51.9 Å². The Labute approximate surface area is 140 Å². The molecule has 0 radical (unpaired) electrons. The van der Waals surface area contributed by atoms with Crippen LogP contribution in [-0.2, 0) is 23.4 Å². The number of carbonyl (C=O) groups excluding carboxylic acids is 3. The highest BCUT2D eigenvalue weighted by atomic mass is 31.2. The number of rotatable bonds is 11. The van der Waals surface area contributed by atoms with Gasteiger partial charge in [-0.3, -0.25) is 14.6 Å². The lowest BCUT2D eigenvalue weighted by atomic mass is 10.2. The van der Waals surface area contributed by atoms with E-state index in [-0.39, 0.29) is 18.9 Å². The summed E-state index contributed by atoms with van der Waals surface area (Å²) >= 11 is 0. The first kappa shape index (κ1) is 22.4. The number of esters is 1. The maximum atomic E-state index is 11.4. The van der Waals surface area contributed by atoms with E-state index in [9.17, 15) is 18.9 Å². The average molecular weight is 369 g/mol. The molecule has 3 N–H and O–H groups in total. The van der Waals surface area contributed by atoms with Crippen LogP contribution < -0.4 is 5.32 Å². The molecule has 0 rings (SSSR count). The summed E-state index contributed by atoms with van der Waals surface area (Å²) in [7, 11) is -5.05. The zero-order valence-corrected chi connectivity index (χ0v) is 14.5. The fraction of sp³-hybridized carbons (Fsp3) is 0.769. The summed E-state index contributed by atoms with van der Waals surface area (Å²) in [5, 5.41) is 2.17. The van der Waals surface area contributed by atoms with Crippen LogP contribution in [0.2, 0.25) is 0 Å². The third kappa shape index (κ3) is 15.3. The molecular weight excluding hydrogens is 345 g/mol. The van der Waals surface area contributed by atoms with Gasteiger partial charge in [-0.05, 0) is 19.3 Å². The molecule has 0 bridgehead atoms. The van der Waals surface area contributed by atoms with Gasteiger partial charge in [0.15, 0.2) is 0 Å². The van der Waals surface area contributed by atoms with Crippen molar-refractivity contribution in [1.29, 1.82) is 0 Å². The lowest BCUT2D eigenvalue weighted by molar-refractivity contribution is -0.143. The Morgan fingerprint density at radius 3 is 2.38 bits per heavy atom. The SMILES string of the molecule is CCCCCCOC(=O)CCCCNC(=O)OC(=O)OP(=O)(O)O. The van der Waals surface area contributed by atoms with Gasteiger partial charge < -0.3 is 19.3 Å². The first-order valence-corrected chi connectivity index (χ1v) is 9.18. The second kappa shape index (κ2) is 12.7. The molecule has 0 unspecified atom stereocenters. The van der Waals surface area contributed by atoms with E-state index >= 15 is 0 Å². The molecule has 0 aromatic carbocycles. The summed E-state index contributed by atoms with van der Waals surface area (Å²) in [5.41, 5.74) is 0. The van der Waals surface area contributed by atoms with Crippen molar-refractivity contribution >= 4 is 26.0 Å². The molecular formula is C13H24NO9P. The Hall–Kier alpha value is -1.64. The summed E-state index contributed by atoms with van der Waals surface area (Å²) < 4.78 is 22.8. The molecule has 0 heterocycles. The van der Waals surface area contributed by atoms with E-state index in [1.165, 1.54) is 0 Å². The van der Waals surface area contributed by atoms with E-state index in [0.29, 0.717) is 19.4 Å². The minimum Gasteiger partial charge on any atom is -0.466 e. The maximum absolute atomic E-state index is 11.4. The number of ether oxygens (including phenoxy) is 2. The van der Waals surface area contributed by atoms with Gasteiger partial charge in [-0.25, -0.2) is 14.2 Å². The predicted octanol–water partition coefficient (Wildman–Crippen LogP) is 2.24. The van der Waals surface area contributed by atoms with E-state index in [0.717, 1.165) is 25.7 Å². The zero-order chi connectivity index (χ0) is 18.4. The van der Waals surface area contributed by atoms with Crippen molar-refractivity contribution in [2.45, 2.75) is 51.9 Å². The quantitative estimate of drug-likeness (QED) is 0.216. The van der Waals surface area contributed by atoms with E-state index in [2.05, 4.69) is 21.5 Å². The summed E-state index contributed by atoms with van der Waals surface area (Å²) in [5.74, 6) is -0.306. The summed E-state index contributed by atoms with van der Waals surface area (Å²) in [6.07, 6.45) is 2.22. The fourth-order valence-corrected chi connectivity index (χ4v) is 1.83. The molecule has 0 spiro atoms. The Morgan fingerprint density at radius 1 is 1.04 bits per heavy atom. The fourth-order valence-electron chi connectivity index (χ4n) is 1.60. The standard InChI is InChI=1S/C13H24NO9P/c1-2-3-4-7-10-21-11(15)8-5-6-9-14-12(16)22-13(17)23-24(18,19)20/h2-10H2,1H3,(H,14,16)(H2,18,19,20). The van der Waals surface area contributed by atoms with Crippen LogP contribution in [0, 0.1) is 0 Å². The number of nitrogens with one attached hydrogen (secondary N) is 1. The molecule has 10 nitrogen and oxygen atoms in total. The number of phosphoric ester groups is 1. The summed E-state index contributed by atoms with van der Waals surface area (Å²) in [4.78, 5) is 49.9. The molecule has 0 aliphatic carbocycles. The Bertz CT molecular complexity index is 449. The largest absolute Gasteiger partial charge is 0.529 e. The second-order valence-electron chi connectivity index (χ2n) is 4.89. The molecule has 24 heavy (non-hydrogen) atoms. The summed E-state index contributed by atoms with van der Waals surface area (Å²) in [6, 6.07) is 0. The van der Waals surface area contributed by atoms with Gasteiger partial charge >= 0.3 is 26.0 Å². The van der Waals surface area contributed by atoms with Crippen molar-refractivity contribution < 1.29 is 42.7 Å². The van der Waals surface area contributed by atoms with Crippen molar-refractivity contribution in [3.8, 4) is 0 Å². The average Bonchev–Trinajstić information content (AvgIpc) is 2.44. The van der Waals surface area contributed by atoms with E-state index in [1.807, 2.05) is 0 Å². The molecule has 140 valence electrons. The van der Waals surface area contributed by atoms with Gasteiger partial charge in [-0.1, -0.05) is 26.2 Å². The third-order valence-corrected chi connectivity index (χ3v) is 3.09. The van der Waals surface area contributed by atoms with Gasteiger partial charge in [0.2, 0.25) is 0 Å². The minimum atomic E-state index is -5.05. The molecule has 0 fully saturated rings. The molecule has 0 aromatic rings. The van der Waals surface area contributed by atoms with Gasteiger partial charge in [-0.2, -0.15) is 0 Å². The highest BCUT2D eigenvalue weighted by Gasteiger charge is 2.23. The highest BCUT2D eigenvalue weighted by molar-refractivity contribution is 7.46. The lowest BCUT2D eigenvalue weighted by Gasteiger charge is -2.07. The molecule has 0 atom stereocenters. The topological polar surface area (TPSA) is 148 Å². The van der Waals surface area contributed by atoms with Gasteiger partial charge in [0.05, 0.1) is 6.61 Å². The van der Waals surface area contributed by atoms with Gasteiger partial charge in [0.1, 0.15) is 0 Å². The van der Waals surface area contributed by atoms with Crippen LogP contribution in [0.15, 0.2) is 0 Å². The smallest absolute Gasteiger partial charge is 0.466 e. The van der Waals surface area contributed by atoms with E-state index in [1.54, 1.807) is 0 Å². The van der Waals surface area contributed by atoms with Crippen LogP contribution in [0.25, 0.3) is 0 Å². The van der Waals surface area contributed by atoms with Crippen LogP contribution in [0.4, 0.5) is 9.59 Å². The third-order valence-electron chi connectivity index (χ3n) is 2.71. The maximum Gasteiger partial charge on any atom is 0.529 e. The van der Waals surface area contributed by atoms with E-state index in [4.69, 9.17) is 14.5 Å². The number of alkyl carbamates (subject to hydrolysis) is 1. The molecule has 1 amide bonds. The summed E-state index contributed by atoms with van der Waals surface area (Å²) in [6.45, 7) is 2.62. The first-order valence-electron chi connectivity index (χ1n) is 7.65. The number of amides is 1. The number of phosphoric acid groups is 1. The van der Waals surface area contributed by atoms with Gasteiger partial charge in [0.25, 0.3) is 0 Å². The van der Waals surface area contributed by atoms with Crippen molar-refractivity contribution in [3.63, 3.8) is 0 Å². The number of unbranched alkanes of at least 4 members (excludes halogenated alkanes) is 4. The lowest BCUT2D eigenvalue weighted by Crippen LogP contribution is -2.27. The van der Waals surface area contributed by atoms with E-state index < -0.39 is 20.1 Å². The molecule has 0 aromatic heterocycles. The monoisotopic (exact) mass is 369 g/mol. The first-order chi connectivity index (χ1) is 11.2. The molecule has 0 saturated heterocycles. The van der Waals surface area contributed by atoms with Crippen LogP contribution in [0.5, 0.6) is 0 Å². The molecule has 11 heteroatoms. The van der Waals surface area contributed by atoms with Crippen molar-refractivity contribution in [3.05, 3.63) is 0 Å². The van der Waals surface area contributed by atoms with Crippen LogP contribution in [0.3, 0.4) is 0 Å². The Morgan fingerprint density at radius 2 is 1.75 bits per heavy atom. The second-order valence-corrected chi connectivity index (χ2v) is 6.05. The Balaban J connectivity index is 3.58. The van der Waals surface area contributed by atoms with Crippen LogP contribution >= 0.6 is 7.82 Å². The van der Waals surface area contributed by atoms with Crippen molar-refractivity contribution in [2.75, 3.05) is 13.2 Å².